The third-order valence-electron chi connectivity index (χ3n) is 5.13. The summed E-state index contributed by atoms with van der Waals surface area (Å²) in [5, 5.41) is 13.0. The molecule has 3 aromatic carbocycles. The Morgan fingerprint density at radius 1 is 1.00 bits per heavy atom. The first-order valence-corrected chi connectivity index (χ1v) is 11.4. The number of carboxylic acid groups (broad SMARTS) is 1. The van der Waals surface area contributed by atoms with Crippen molar-refractivity contribution in [3.63, 3.8) is 0 Å². The Hall–Kier alpha value is -3.55. The monoisotopic (exact) mass is 480 g/mol. The van der Waals surface area contributed by atoms with Crippen molar-refractivity contribution in [1.82, 2.24) is 10.3 Å². The van der Waals surface area contributed by atoms with E-state index < -0.39 is 12.1 Å². The number of para-hydroxylation sites is 2. The number of hydrogen-bond donors (Lipinski definition) is 2. The SMILES string of the molecule is O=C(O)c1ccc(OCCCCNCC(Oc2ccc(Cl)cc2)c2nc3ccccc3o2)cc1. The lowest BCUT2D eigenvalue weighted by Crippen LogP contribution is -2.26. The van der Waals surface area contributed by atoms with E-state index in [2.05, 4.69) is 10.3 Å². The van der Waals surface area contributed by atoms with Crippen LogP contribution in [0.2, 0.25) is 5.02 Å². The van der Waals surface area contributed by atoms with Crippen molar-refractivity contribution >= 4 is 28.7 Å². The quantitative estimate of drug-likeness (QED) is 0.249. The van der Waals surface area contributed by atoms with Crippen LogP contribution < -0.4 is 14.8 Å². The van der Waals surface area contributed by atoms with Gasteiger partial charge in [0.15, 0.2) is 11.7 Å². The highest BCUT2D eigenvalue weighted by Crippen LogP contribution is 2.25. The normalized spacial score (nSPS) is 11.9. The summed E-state index contributed by atoms with van der Waals surface area (Å²) in [7, 11) is 0. The molecule has 1 heterocycles. The lowest BCUT2D eigenvalue weighted by atomic mass is 10.2. The van der Waals surface area contributed by atoms with Crippen LogP contribution in [0.4, 0.5) is 0 Å². The number of nitrogens with zero attached hydrogens (tertiary/aromatic N) is 1. The molecular formula is C26H25ClN2O5. The minimum atomic E-state index is -0.950. The molecule has 1 unspecified atom stereocenters. The number of hydrogen-bond acceptors (Lipinski definition) is 6. The molecule has 1 atom stereocenters. The van der Waals surface area contributed by atoms with Crippen molar-refractivity contribution in [2.45, 2.75) is 18.9 Å². The summed E-state index contributed by atoms with van der Waals surface area (Å²) in [6.45, 7) is 1.83. The van der Waals surface area contributed by atoms with E-state index in [9.17, 15) is 4.79 Å². The molecule has 0 amide bonds. The van der Waals surface area contributed by atoms with E-state index in [1.165, 1.54) is 12.1 Å². The van der Waals surface area contributed by atoms with Gasteiger partial charge in [-0.15, -0.1) is 0 Å². The smallest absolute Gasteiger partial charge is 0.335 e. The number of benzene rings is 3. The fraction of sp³-hybridized carbons (Fsp3) is 0.231. The summed E-state index contributed by atoms with van der Waals surface area (Å²) < 4.78 is 17.8. The second-order valence-corrected chi connectivity index (χ2v) is 8.11. The predicted octanol–water partition coefficient (Wildman–Crippen LogP) is 5.75. The number of halogens is 1. The van der Waals surface area contributed by atoms with Crippen LogP contribution in [0.1, 0.15) is 35.2 Å². The molecule has 4 rings (SSSR count). The minimum Gasteiger partial charge on any atom is -0.494 e. The average Bonchev–Trinajstić information content (AvgIpc) is 3.28. The molecule has 34 heavy (non-hydrogen) atoms. The van der Waals surface area contributed by atoms with Crippen LogP contribution in [0, 0.1) is 0 Å². The molecule has 0 aliphatic carbocycles. The van der Waals surface area contributed by atoms with E-state index >= 15 is 0 Å². The van der Waals surface area contributed by atoms with Gasteiger partial charge in [0.25, 0.3) is 0 Å². The number of carboxylic acids is 1. The van der Waals surface area contributed by atoms with Crippen molar-refractivity contribution in [1.29, 1.82) is 0 Å². The van der Waals surface area contributed by atoms with Gasteiger partial charge in [-0.05, 0) is 80.1 Å². The maximum atomic E-state index is 10.9. The zero-order chi connectivity index (χ0) is 23.8. The van der Waals surface area contributed by atoms with Crippen LogP contribution in [0.25, 0.3) is 11.1 Å². The number of aromatic nitrogens is 1. The molecule has 4 aromatic rings. The molecule has 0 spiro atoms. The molecule has 0 fully saturated rings. The topological polar surface area (TPSA) is 93.8 Å². The Morgan fingerprint density at radius 2 is 1.74 bits per heavy atom. The summed E-state index contributed by atoms with van der Waals surface area (Å²) >= 11 is 5.99. The van der Waals surface area contributed by atoms with Gasteiger partial charge >= 0.3 is 5.97 Å². The summed E-state index contributed by atoms with van der Waals surface area (Å²) in [6.07, 6.45) is 1.34. The molecule has 0 bridgehead atoms. The van der Waals surface area contributed by atoms with Gasteiger partial charge < -0.3 is 24.3 Å². The Balaban J connectivity index is 1.26. The van der Waals surface area contributed by atoms with E-state index in [4.69, 9.17) is 30.6 Å². The highest BCUT2D eigenvalue weighted by atomic mass is 35.5. The van der Waals surface area contributed by atoms with Crippen LogP contribution in [0.3, 0.4) is 0 Å². The third kappa shape index (κ3) is 6.50. The zero-order valence-electron chi connectivity index (χ0n) is 18.4. The molecule has 0 aliphatic heterocycles. The second kappa shape index (κ2) is 11.5. The van der Waals surface area contributed by atoms with Gasteiger partial charge in [-0.3, -0.25) is 0 Å². The number of oxazole rings is 1. The number of fused-ring (bicyclic) bond motifs is 1. The van der Waals surface area contributed by atoms with Gasteiger partial charge in [-0.25, -0.2) is 9.78 Å². The van der Waals surface area contributed by atoms with Gasteiger partial charge in [0.05, 0.1) is 12.2 Å². The molecule has 176 valence electrons. The van der Waals surface area contributed by atoms with E-state index in [1.54, 1.807) is 24.3 Å². The van der Waals surface area contributed by atoms with E-state index in [0.717, 1.165) is 30.5 Å². The number of ether oxygens (including phenoxy) is 2. The lowest BCUT2D eigenvalue weighted by Gasteiger charge is -2.17. The van der Waals surface area contributed by atoms with Crippen LogP contribution in [0.5, 0.6) is 11.5 Å². The molecule has 0 saturated heterocycles. The number of rotatable bonds is 12. The number of carbonyl (C=O) groups is 1. The Kier molecular flexibility index (Phi) is 8.01. The fourth-order valence-corrected chi connectivity index (χ4v) is 3.48. The first-order valence-electron chi connectivity index (χ1n) is 11.0. The maximum Gasteiger partial charge on any atom is 0.335 e. The second-order valence-electron chi connectivity index (χ2n) is 7.67. The van der Waals surface area contributed by atoms with Gasteiger partial charge in [0, 0.05) is 11.6 Å². The zero-order valence-corrected chi connectivity index (χ0v) is 19.2. The molecule has 0 aliphatic rings. The van der Waals surface area contributed by atoms with E-state index in [1.807, 2.05) is 36.4 Å². The third-order valence-corrected chi connectivity index (χ3v) is 5.38. The highest BCUT2D eigenvalue weighted by Gasteiger charge is 2.20. The molecule has 8 heteroatoms. The highest BCUT2D eigenvalue weighted by molar-refractivity contribution is 6.30. The fourth-order valence-electron chi connectivity index (χ4n) is 3.35. The van der Waals surface area contributed by atoms with Crippen LogP contribution in [-0.2, 0) is 0 Å². The van der Waals surface area contributed by atoms with Gasteiger partial charge in [0.1, 0.15) is 17.0 Å². The van der Waals surface area contributed by atoms with Crippen molar-refractivity contribution in [3.05, 3.63) is 89.3 Å². The molecule has 0 saturated carbocycles. The largest absolute Gasteiger partial charge is 0.494 e. The molecular weight excluding hydrogens is 456 g/mol. The molecule has 2 N–H and O–H groups in total. The standard InChI is InChI=1S/C26H25ClN2O5/c27-19-9-13-21(14-10-19)33-24(25-29-22-5-1-2-6-23(22)34-25)17-28-15-3-4-16-32-20-11-7-18(8-12-20)26(30)31/h1-2,5-14,24,28H,3-4,15-17H2,(H,30,31). The Labute approximate surface area is 202 Å². The van der Waals surface area contributed by atoms with E-state index in [-0.39, 0.29) is 5.56 Å². The number of nitrogens with one attached hydrogen (secondary N) is 1. The van der Waals surface area contributed by atoms with Gasteiger partial charge in [0.2, 0.25) is 5.89 Å². The Morgan fingerprint density at radius 3 is 2.47 bits per heavy atom. The predicted molar refractivity (Wildman–Crippen MR) is 130 cm³/mol. The van der Waals surface area contributed by atoms with Crippen LogP contribution in [-0.4, -0.2) is 35.8 Å². The average molecular weight is 481 g/mol. The van der Waals surface area contributed by atoms with Gasteiger partial charge in [-0.2, -0.15) is 0 Å². The van der Waals surface area contributed by atoms with Crippen molar-refractivity contribution in [2.75, 3.05) is 19.7 Å². The summed E-state index contributed by atoms with van der Waals surface area (Å²) in [5.74, 6) is 0.900. The Bertz CT molecular complexity index is 1180. The number of aromatic carboxylic acids is 1. The lowest BCUT2D eigenvalue weighted by molar-refractivity contribution is 0.0697. The van der Waals surface area contributed by atoms with Gasteiger partial charge in [-0.1, -0.05) is 23.7 Å². The van der Waals surface area contributed by atoms with Crippen molar-refractivity contribution < 1.29 is 23.8 Å². The minimum absolute atomic E-state index is 0.242. The summed E-state index contributed by atoms with van der Waals surface area (Å²) in [4.78, 5) is 15.5. The number of unbranched alkanes of at least 4 members (excludes halogenated alkanes) is 1. The molecule has 1 aromatic heterocycles. The first kappa shape index (κ1) is 23.6. The van der Waals surface area contributed by atoms with Crippen LogP contribution >= 0.6 is 11.6 Å². The summed E-state index contributed by atoms with van der Waals surface area (Å²) in [6, 6.07) is 21.2. The maximum absolute atomic E-state index is 10.9. The van der Waals surface area contributed by atoms with Crippen molar-refractivity contribution in [3.8, 4) is 11.5 Å². The first-order chi connectivity index (χ1) is 16.6. The van der Waals surface area contributed by atoms with Crippen LogP contribution in [0.15, 0.2) is 77.2 Å². The summed E-state index contributed by atoms with van der Waals surface area (Å²) in [5.41, 5.74) is 1.75. The van der Waals surface area contributed by atoms with Crippen molar-refractivity contribution in [2.24, 2.45) is 0 Å². The van der Waals surface area contributed by atoms with E-state index in [0.29, 0.717) is 35.6 Å². The molecule has 0 radical (unpaired) electrons. The molecule has 7 nitrogen and oxygen atoms in total.